The molecule has 2 heterocycles. The van der Waals surface area contributed by atoms with Crippen molar-refractivity contribution in [3.8, 4) is 0 Å². The van der Waals surface area contributed by atoms with Gasteiger partial charge in [0.2, 0.25) is 0 Å². The molecule has 0 aromatic carbocycles. The molecule has 0 atom stereocenters. The molecule has 0 aliphatic carbocycles. The maximum absolute atomic E-state index is 11.6. The highest BCUT2D eigenvalue weighted by atomic mass is 16.2. The van der Waals surface area contributed by atoms with Gasteiger partial charge in [-0.05, 0) is 25.0 Å². The summed E-state index contributed by atoms with van der Waals surface area (Å²) in [5, 5.41) is 5.68. The number of aryl methyl sites for hydroxylation is 1. The van der Waals surface area contributed by atoms with Gasteiger partial charge in [-0.15, -0.1) is 0 Å². The number of nitrogens with one attached hydrogen (secondary N) is 2. The second-order valence-corrected chi connectivity index (χ2v) is 4.76. The quantitative estimate of drug-likeness (QED) is 0.724. The van der Waals surface area contributed by atoms with E-state index in [1.165, 1.54) is 0 Å². The van der Waals surface area contributed by atoms with E-state index in [2.05, 4.69) is 20.6 Å². The fourth-order valence-electron chi connectivity index (χ4n) is 1.95. The first-order chi connectivity index (χ1) is 10.3. The Kier molecular flexibility index (Phi) is 6.25. The van der Waals surface area contributed by atoms with Gasteiger partial charge >= 0.3 is 6.03 Å². The van der Waals surface area contributed by atoms with Crippen molar-refractivity contribution in [1.29, 1.82) is 0 Å². The van der Waals surface area contributed by atoms with Crippen LogP contribution in [-0.4, -0.2) is 33.7 Å². The van der Waals surface area contributed by atoms with Crippen LogP contribution >= 0.6 is 0 Å². The number of amides is 2. The fourth-order valence-corrected chi connectivity index (χ4v) is 1.95. The van der Waals surface area contributed by atoms with Gasteiger partial charge in [0.05, 0.1) is 6.33 Å². The monoisotopic (exact) mass is 287 g/mol. The van der Waals surface area contributed by atoms with Crippen LogP contribution in [0.25, 0.3) is 0 Å². The molecule has 0 fully saturated rings. The molecule has 6 nitrogen and oxygen atoms in total. The Labute approximate surface area is 124 Å². The number of urea groups is 1. The SMILES string of the molecule is O=C(NCCCCn1ccnc1)NCCc1ccccn1. The Hall–Kier alpha value is -2.37. The third kappa shape index (κ3) is 6.07. The summed E-state index contributed by atoms with van der Waals surface area (Å²) in [6, 6.07) is 5.67. The number of hydrogen-bond acceptors (Lipinski definition) is 3. The van der Waals surface area contributed by atoms with Gasteiger partial charge in [0.25, 0.3) is 0 Å². The van der Waals surface area contributed by atoms with Gasteiger partial charge in [0.1, 0.15) is 0 Å². The number of nitrogens with zero attached hydrogens (tertiary/aromatic N) is 3. The molecule has 0 saturated heterocycles. The zero-order valence-electron chi connectivity index (χ0n) is 12.0. The van der Waals surface area contributed by atoms with Gasteiger partial charge in [0, 0.05) is 50.3 Å². The second-order valence-electron chi connectivity index (χ2n) is 4.76. The van der Waals surface area contributed by atoms with Crippen LogP contribution in [0.15, 0.2) is 43.1 Å². The van der Waals surface area contributed by atoms with Crippen LogP contribution in [0.4, 0.5) is 4.79 Å². The van der Waals surface area contributed by atoms with Gasteiger partial charge in [0.15, 0.2) is 0 Å². The third-order valence-corrected chi connectivity index (χ3v) is 3.08. The Balaban J connectivity index is 1.48. The summed E-state index contributed by atoms with van der Waals surface area (Å²) < 4.78 is 2.03. The summed E-state index contributed by atoms with van der Waals surface area (Å²) in [7, 11) is 0. The molecule has 21 heavy (non-hydrogen) atoms. The zero-order valence-corrected chi connectivity index (χ0v) is 12.0. The second kappa shape index (κ2) is 8.73. The van der Waals surface area contributed by atoms with E-state index >= 15 is 0 Å². The Bertz CT molecular complexity index is 512. The summed E-state index contributed by atoms with van der Waals surface area (Å²) >= 11 is 0. The highest BCUT2D eigenvalue weighted by Gasteiger charge is 1.99. The summed E-state index contributed by atoms with van der Waals surface area (Å²) in [4.78, 5) is 19.8. The normalized spacial score (nSPS) is 10.3. The minimum atomic E-state index is -0.117. The molecular formula is C15H21N5O. The van der Waals surface area contributed by atoms with E-state index in [-0.39, 0.29) is 6.03 Å². The number of imidazole rings is 1. The average Bonchev–Trinajstić information content (AvgIpc) is 3.01. The van der Waals surface area contributed by atoms with Gasteiger partial charge in [-0.25, -0.2) is 9.78 Å². The Morgan fingerprint density at radius 3 is 2.81 bits per heavy atom. The van der Waals surface area contributed by atoms with Crippen molar-refractivity contribution in [3.63, 3.8) is 0 Å². The maximum Gasteiger partial charge on any atom is 0.314 e. The Morgan fingerprint density at radius 1 is 1.14 bits per heavy atom. The number of aromatic nitrogens is 3. The first-order valence-corrected chi connectivity index (χ1v) is 7.22. The molecule has 112 valence electrons. The lowest BCUT2D eigenvalue weighted by atomic mass is 10.3. The first-order valence-electron chi connectivity index (χ1n) is 7.22. The lowest BCUT2D eigenvalue weighted by molar-refractivity contribution is 0.240. The number of hydrogen-bond donors (Lipinski definition) is 2. The van der Waals surface area contributed by atoms with Crippen LogP contribution in [-0.2, 0) is 13.0 Å². The van der Waals surface area contributed by atoms with Crippen LogP contribution in [0.1, 0.15) is 18.5 Å². The van der Waals surface area contributed by atoms with Crippen molar-refractivity contribution in [1.82, 2.24) is 25.2 Å². The summed E-state index contributed by atoms with van der Waals surface area (Å²) in [6.07, 6.45) is 9.99. The molecule has 2 amide bonds. The predicted octanol–water partition coefficient (Wildman–Crippen LogP) is 1.60. The molecule has 0 radical (unpaired) electrons. The molecule has 2 aromatic rings. The third-order valence-electron chi connectivity index (χ3n) is 3.08. The van der Waals surface area contributed by atoms with E-state index in [4.69, 9.17) is 0 Å². The lowest BCUT2D eigenvalue weighted by Gasteiger charge is -2.07. The van der Waals surface area contributed by atoms with E-state index in [1.807, 2.05) is 29.0 Å². The molecule has 2 aromatic heterocycles. The van der Waals surface area contributed by atoms with E-state index in [1.54, 1.807) is 18.7 Å². The van der Waals surface area contributed by atoms with Crippen LogP contribution in [0.2, 0.25) is 0 Å². The van der Waals surface area contributed by atoms with E-state index in [0.29, 0.717) is 13.1 Å². The summed E-state index contributed by atoms with van der Waals surface area (Å²) in [5.41, 5.74) is 0.984. The fraction of sp³-hybridized carbons (Fsp3) is 0.400. The minimum Gasteiger partial charge on any atom is -0.338 e. The standard InChI is InChI=1S/C15H21N5O/c21-15(19-9-6-14-5-1-2-7-17-14)18-8-3-4-11-20-12-10-16-13-20/h1-2,5,7,10,12-13H,3-4,6,8-9,11H2,(H2,18,19,21). The Morgan fingerprint density at radius 2 is 2.05 bits per heavy atom. The maximum atomic E-state index is 11.6. The van der Waals surface area contributed by atoms with Gasteiger partial charge in [-0.1, -0.05) is 6.07 Å². The largest absolute Gasteiger partial charge is 0.338 e. The first kappa shape index (κ1) is 15.0. The molecule has 2 rings (SSSR count). The molecule has 2 N–H and O–H groups in total. The van der Waals surface area contributed by atoms with Crippen LogP contribution < -0.4 is 10.6 Å². The number of unbranched alkanes of at least 4 members (excludes halogenated alkanes) is 1. The number of carbonyl (C=O) groups excluding carboxylic acids is 1. The minimum absolute atomic E-state index is 0.117. The average molecular weight is 287 g/mol. The van der Waals surface area contributed by atoms with E-state index in [9.17, 15) is 4.79 Å². The van der Waals surface area contributed by atoms with Crippen molar-refractivity contribution in [2.24, 2.45) is 0 Å². The van der Waals surface area contributed by atoms with Crippen molar-refractivity contribution in [3.05, 3.63) is 48.8 Å². The molecule has 0 spiro atoms. The van der Waals surface area contributed by atoms with Crippen LogP contribution in [0, 0.1) is 0 Å². The van der Waals surface area contributed by atoms with E-state index in [0.717, 1.165) is 31.5 Å². The lowest BCUT2D eigenvalue weighted by Crippen LogP contribution is -2.37. The van der Waals surface area contributed by atoms with Crippen molar-refractivity contribution in [2.45, 2.75) is 25.8 Å². The van der Waals surface area contributed by atoms with Crippen molar-refractivity contribution < 1.29 is 4.79 Å². The summed E-state index contributed by atoms with van der Waals surface area (Å²) in [6.45, 7) is 2.21. The molecule has 0 unspecified atom stereocenters. The van der Waals surface area contributed by atoms with Crippen molar-refractivity contribution in [2.75, 3.05) is 13.1 Å². The summed E-state index contributed by atoms with van der Waals surface area (Å²) in [5.74, 6) is 0. The van der Waals surface area contributed by atoms with Gasteiger partial charge in [-0.3, -0.25) is 4.98 Å². The highest BCUT2D eigenvalue weighted by molar-refractivity contribution is 5.73. The molecule has 0 aliphatic heterocycles. The highest BCUT2D eigenvalue weighted by Crippen LogP contribution is 1.94. The zero-order chi connectivity index (χ0) is 14.8. The molecule has 6 heteroatoms. The molecule has 0 aliphatic rings. The molecule has 0 saturated carbocycles. The predicted molar refractivity (Wildman–Crippen MR) is 80.8 cm³/mol. The number of pyridine rings is 1. The van der Waals surface area contributed by atoms with Gasteiger partial charge in [-0.2, -0.15) is 0 Å². The topological polar surface area (TPSA) is 71.8 Å². The van der Waals surface area contributed by atoms with E-state index < -0.39 is 0 Å². The number of carbonyl (C=O) groups is 1. The number of rotatable bonds is 8. The van der Waals surface area contributed by atoms with Gasteiger partial charge < -0.3 is 15.2 Å². The molecular weight excluding hydrogens is 266 g/mol. The van der Waals surface area contributed by atoms with Crippen LogP contribution in [0.5, 0.6) is 0 Å². The molecule has 0 bridgehead atoms. The van der Waals surface area contributed by atoms with Crippen LogP contribution in [0.3, 0.4) is 0 Å². The van der Waals surface area contributed by atoms with Crippen molar-refractivity contribution >= 4 is 6.03 Å². The smallest absolute Gasteiger partial charge is 0.314 e.